The first-order valence-corrected chi connectivity index (χ1v) is 13.7. The number of hydrogen-bond acceptors (Lipinski definition) is 4. The van der Waals surface area contributed by atoms with Crippen LogP contribution in [-0.2, 0) is 11.8 Å². The Bertz CT molecular complexity index is 1440. The molecule has 1 N–H and O–H groups in total. The molecular weight excluding hydrogens is 488 g/mol. The van der Waals surface area contributed by atoms with Crippen LogP contribution in [0.5, 0.6) is 5.75 Å². The van der Waals surface area contributed by atoms with Gasteiger partial charge in [0.25, 0.3) is 5.91 Å². The molecule has 0 unspecified atom stereocenters. The molecule has 7 heteroatoms. The smallest absolute Gasteiger partial charge is 0.321 e. The number of hydrogen-bond donors (Lipinski definition) is 1. The van der Waals surface area contributed by atoms with Gasteiger partial charge in [0, 0.05) is 48.6 Å². The Labute approximate surface area is 230 Å². The Kier molecular flexibility index (Phi) is 6.34. The van der Waals surface area contributed by atoms with E-state index >= 15 is 0 Å². The van der Waals surface area contributed by atoms with Gasteiger partial charge in [-0.25, -0.2) is 4.79 Å². The van der Waals surface area contributed by atoms with E-state index < -0.39 is 0 Å². The number of nitrogens with zero attached hydrogens (tertiary/aromatic N) is 3. The Balaban J connectivity index is 1.22. The number of anilines is 2. The topological polar surface area (TPSA) is 65.1 Å². The average Bonchev–Trinajstić information content (AvgIpc) is 3.50. The largest absolute Gasteiger partial charge is 0.492 e. The average molecular weight is 525 g/mol. The fraction of sp³-hybridized carbons (Fsp3) is 0.375. The predicted molar refractivity (Wildman–Crippen MR) is 155 cm³/mol. The zero-order chi connectivity index (χ0) is 27.3. The molecule has 0 radical (unpaired) electrons. The van der Waals surface area contributed by atoms with Crippen LogP contribution in [-0.4, -0.2) is 69.1 Å². The number of nitrogens with one attached hydrogen (secondary N) is 1. The third kappa shape index (κ3) is 4.55. The SMILES string of the molecule is Cc1cc(NC(=O)N(C)C)ccc1-c1ccc(C(=O)N2CCc3cc4c(cc32)C2(CCN(C)CC2)CO4)cc1. The maximum atomic E-state index is 13.7. The van der Waals surface area contributed by atoms with Crippen LogP contribution in [0.4, 0.5) is 16.2 Å². The van der Waals surface area contributed by atoms with Crippen LogP contribution < -0.4 is 15.0 Å². The lowest BCUT2D eigenvalue weighted by Crippen LogP contribution is -2.42. The van der Waals surface area contributed by atoms with Gasteiger partial charge in [0.15, 0.2) is 0 Å². The van der Waals surface area contributed by atoms with Crippen LogP contribution in [0.2, 0.25) is 0 Å². The van der Waals surface area contributed by atoms with E-state index in [0.717, 1.165) is 72.8 Å². The number of likely N-dealkylation sites (tertiary alicyclic amines) is 1. The molecule has 39 heavy (non-hydrogen) atoms. The molecule has 0 aliphatic carbocycles. The van der Waals surface area contributed by atoms with Crippen molar-refractivity contribution in [2.45, 2.75) is 31.6 Å². The van der Waals surface area contributed by atoms with Gasteiger partial charge in [-0.3, -0.25) is 4.79 Å². The molecule has 1 saturated heterocycles. The molecule has 3 aromatic rings. The van der Waals surface area contributed by atoms with Crippen LogP contribution in [0.3, 0.4) is 0 Å². The molecule has 6 rings (SSSR count). The molecule has 3 aliphatic rings. The number of benzene rings is 3. The Morgan fingerprint density at radius 3 is 2.41 bits per heavy atom. The lowest BCUT2D eigenvalue weighted by Gasteiger charge is -2.37. The quantitative estimate of drug-likeness (QED) is 0.504. The second kappa shape index (κ2) is 9.72. The summed E-state index contributed by atoms with van der Waals surface area (Å²) in [4.78, 5) is 31.5. The molecule has 3 aromatic carbocycles. The maximum absolute atomic E-state index is 13.7. The van der Waals surface area contributed by atoms with Crippen LogP contribution >= 0.6 is 0 Å². The molecule has 1 fully saturated rings. The summed E-state index contributed by atoms with van der Waals surface area (Å²) >= 11 is 0. The second-order valence-corrected chi connectivity index (χ2v) is 11.5. The van der Waals surface area contributed by atoms with Gasteiger partial charge < -0.3 is 24.8 Å². The van der Waals surface area contributed by atoms with Crippen molar-refractivity contribution in [3.8, 4) is 16.9 Å². The number of amides is 3. The normalized spacial score (nSPS) is 17.5. The first-order chi connectivity index (χ1) is 18.7. The molecule has 7 nitrogen and oxygen atoms in total. The van der Waals surface area contributed by atoms with Crippen molar-refractivity contribution in [2.24, 2.45) is 0 Å². The van der Waals surface area contributed by atoms with Crippen molar-refractivity contribution in [2.75, 3.05) is 57.6 Å². The summed E-state index contributed by atoms with van der Waals surface area (Å²) in [5.41, 5.74) is 8.19. The Morgan fingerprint density at radius 2 is 1.72 bits per heavy atom. The molecule has 0 atom stereocenters. The lowest BCUT2D eigenvalue weighted by atomic mass is 9.74. The summed E-state index contributed by atoms with van der Waals surface area (Å²) in [6.45, 7) is 5.61. The summed E-state index contributed by atoms with van der Waals surface area (Å²) in [6.07, 6.45) is 3.03. The van der Waals surface area contributed by atoms with Crippen molar-refractivity contribution in [1.82, 2.24) is 9.80 Å². The van der Waals surface area contributed by atoms with Crippen molar-refractivity contribution >= 4 is 23.3 Å². The first-order valence-electron chi connectivity index (χ1n) is 13.7. The second-order valence-electron chi connectivity index (χ2n) is 11.5. The van der Waals surface area contributed by atoms with Gasteiger partial charge in [-0.05, 0) is 105 Å². The summed E-state index contributed by atoms with van der Waals surface area (Å²) in [6, 6.07) is 18.0. The highest BCUT2D eigenvalue weighted by molar-refractivity contribution is 6.07. The molecule has 3 heterocycles. The van der Waals surface area contributed by atoms with E-state index in [0.29, 0.717) is 12.1 Å². The monoisotopic (exact) mass is 524 g/mol. The minimum absolute atomic E-state index is 0.0371. The van der Waals surface area contributed by atoms with Crippen LogP contribution in [0.15, 0.2) is 54.6 Å². The number of urea groups is 1. The molecule has 3 amide bonds. The number of fused-ring (bicyclic) bond motifs is 3. The van der Waals surface area contributed by atoms with Gasteiger partial charge in [-0.1, -0.05) is 18.2 Å². The van der Waals surface area contributed by atoms with E-state index in [1.165, 1.54) is 16.0 Å². The third-order valence-corrected chi connectivity index (χ3v) is 8.67. The standard InChI is InChI=1S/C32H36N4O3/c1-21-17-25(33-31(38)34(2)3)9-10-26(21)22-5-7-23(8-6-22)30(37)36-14-11-24-18-29-27(19-28(24)36)32(20-39-29)12-15-35(4)16-13-32/h5-10,17-19H,11-16,20H2,1-4H3,(H,33,38). The van der Waals surface area contributed by atoms with Gasteiger partial charge in [0.2, 0.25) is 0 Å². The van der Waals surface area contributed by atoms with E-state index in [1.54, 1.807) is 14.1 Å². The van der Waals surface area contributed by atoms with E-state index in [-0.39, 0.29) is 17.4 Å². The fourth-order valence-corrected chi connectivity index (χ4v) is 6.16. The van der Waals surface area contributed by atoms with Crippen molar-refractivity contribution in [1.29, 1.82) is 0 Å². The fourth-order valence-electron chi connectivity index (χ4n) is 6.16. The highest BCUT2D eigenvalue weighted by Crippen LogP contribution is 2.49. The zero-order valence-corrected chi connectivity index (χ0v) is 23.2. The number of piperidine rings is 1. The van der Waals surface area contributed by atoms with Gasteiger partial charge in [0.05, 0.1) is 6.61 Å². The molecule has 0 saturated carbocycles. The van der Waals surface area contributed by atoms with E-state index in [4.69, 9.17) is 4.74 Å². The highest BCUT2D eigenvalue weighted by atomic mass is 16.5. The Hall–Kier alpha value is -3.84. The minimum atomic E-state index is -0.160. The van der Waals surface area contributed by atoms with Crippen molar-refractivity contribution in [3.05, 3.63) is 76.9 Å². The first kappa shape index (κ1) is 25.4. The van der Waals surface area contributed by atoms with Crippen LogP contribution in [0.25, 0.3) is 11.1 Å². The van der Waals surface area contributed by atoms with Crippen molar-refractivity contribution in [3.63, 3.8) is 0 Å². The van der Waals surface area contributed by atoms with Crippen molar-refractivity contribution < 1.29 is 14.3 Å². The Morgan fingerprint density at radius 1 is 0.974 bits per heavy atom. The summed E-state index contributed by atoms with van der Waals surface area (Å²) in [7, 11) is 5.61. The minimum Gasteiger partial charge on any atom is -0.492 e. The summed E-state index contributed by atoms with van der Waals surface area (Å²) in [5.74, 6) is 1.05. The van der Waals surface area contributed by atoms with E-state index in [9.17, 15) is 9.59 Å². The highest BCUT2D eigenvalue weighted by Gasteiger charge is 2.44. The zero-order valence-electron chi connectivity index (χ0n) is 23.2. The van der Waals surface area contributed by atoms with Crippen LogP contribution in [0, 0.1) is 6.92 Å². The maximum Gasteiger partial charge on any atom is 0.321 e. The summed E-state index contributed by atoms with van der Waals surface area (Å²) < 4.78 is 6.19. The van der Waals surface area contributed by atoms with Crippen LogP contribution in [0.1, 0.15) is 39.9 Å². The number of carbonyl (C=O) groups excluding carboxylic acids is 2. The lowest BCUT2D eigenvalue weighted by molar-refractivity contribution is 0.0989. The predicted octanol–water partition coefficient (Wildman–Crippen LogP) is 5.31. The number of rotatable bonds is 3. The molecule has 202 valence electrons. The number of carbonyl (C=O) groups is 2. The number of aryl methyl sites for hydroxylation is 1. The molecule has 1 spiro atoms. The van der Waals surface area contributed by atoms with Gasteiger partial charge in [-0.15, -0.1) is 0 Å². The molecule has 3 aliphatic heterocycles. The van der Waals surface area contributed by atoms with Gasteiger partial charge in [-0.2, -0.15) is 0 Å². The van der Waals surface area contributed by atoms with E-state index in [1.807, 2.05) is 54.3 Å². The van der Waals surface area contributed by atoms with E-state index in [2.05, 4.69) is 29.4 Å². The van der Waals surface area contributed by atoms with Gasteiger partial charge >= 0.3 is 6.03 Å². The molecule has 0 aromatic heterocycles. The summed E-state index contributed by atoms with van der Waals surface area (Å²) in [5, 5.41) is 2.89. The third-order valence-electron chi connectivity index (χ3n) is 8.67. The van der Waals surface area contributed by atoms with Gasteiger partial charge in [0.1, 0.15) is 5.75 Å². The molecule has 0 bridgehead atoms. The molecular formula is C32H36N4O3. The number of ether oxygens (including phenoxy) is 1.